The minimum atomic E-state index is -0.698. The Morgan fingerprint density at radius 1 is 1.03 bits per heavy atom. The van der Waals surface area contributed by atoms with Crippen molar-refractivity contribution in [2.75, 3.05) is 18.0 Å². The van der Waals surface area contributed by atoms with Gasteiger partial charge in [-0.25, -0.2) is 19.5 Å². The highest BCUT2D eigenvalue weighted by atomic mass is 35.5. The predicted octanol–water partition coefficient (Wildman–Crippen LogP) is 6.72. The molecule has 0 spiro atoms. The second-order valence-electron chi connectivity index (χ2n) is 10.8. The van der Waals surface area contributed by atoms with Gasteiger partial charge in [0.05, 0.1) is 16.3 Å². The number of aromatic nitrogens is 1. The molecular weight excluding hydrogens is 482 g/mol. The Balaban J connectivity index is 1.64. The van der Waals surface area contributed by atoms with Crippen molar-refractivity contribution in [1.29, 1.82) is 0 Å². The van der Waals surface area contributed by atoms with Gasteiger partial charge in [0.25, 0.3) is 0 Å². The monoisotopic (exact) mass is 513 g/mol. The van der Waals surface area contributed by atoms with Crippen molar-refractivity contribution in [3.05, 3.63) is 52.7 Å². The van der Waals surface area contributed by atoms with E-state index in [0.29, 0.717) is 47.4 Å². The van der Waals surface area contributed by atoms with Crippen molar-refractivity contribution in [3.63, 3.8) is 0 Å². The van der Waals surface area contributed by atoms with Gasteiger partial charge in [0.1, 0.15) is 23.6 Å². The molecule has 2 aliphatic heterocycles. The van der Waals surface area contributed by atoms with E-state index in [0.717, 1.165) is 11.1 Å². The molecule has 0 atom stereocenters. The lowest BCUT2D eigenvalue weighted by Crippen LogP contribution is -2.39. The fourth-order valence-electron chi connectivity index (χ4n) is 3.98. The van der Waals surface area contributed by atoms with Crippen LogP contribution in [0.3, 0.4) is 0 Å². The Labute approximate surface area is 216 Å². The number of rotatable bonds is 1. The van der Waals surface area contributed by atoms with Crippen LogP contribution in [0.4, 0.5) is 21.1 Å². The molecule has 9 heteroatoms. The average Bonchev–Trinajstić information content (AvgIpc) is 2.94. The summed E-state index contributed by atoms with van der Waals surface area (Å²) in [7, 11) is 0. The molecule has 2 aromatic rings. The Bertz CT molecular complexity index is 1210. The maximum atomic E-state index is 13.3. The van der Waals surface area contributed by atoms with Crippen LogP contribution in [0.5, 0.6) is 5.75 Å². The van der Waals surface area contributed by atoms with Crippen molar-refractivity contribution in [3.8, 4) is 5.75 Å². The van der Waals surface area contributed by atoms with Crippen LogP contribution in [0.25, 0.3) is 5.57 Å². The molecule has 2 amide bonds. The average molecular weight is 514 g/mol. The van der Waals surface area contributed by atoms with E-state index in [1.54, 1.807) is 17.2 Å². The van der Waals surface area contributed by atoms with Crippen LogP contribution < -0.4 is 9.64 Å². The minimum absolute atomic E-state index is 0.156. The number of ether oxygens (including phenoxy) is 3. The normalized spacial score (nSPS) is 15.7. The molecule has 0 radical (unpaired) electrons. The van der Waals surface area contributed by atoms with E-state index in [4.69, 9.17) is 25.8 Å². The van der Waals surface area contributed by atoms with E-state index >= 15 is 0 Å². The number of nitrogens with zero attached hydrogens (tertiary/aromatic N) is 3. The SMILES string of the molecule is CC(C)(C)OC(=O)N1CC=C(c2ccc3c(c2)OCc2c(Cl)ccnc2N3C(=O)OC(C)(C)C)CC1. The van der Waals surface area contributed by atoms with Crippen LogP contribution in [0, 0.1) is 0 Å². The first kappa shape index (κ1) is 25.8. The summed E-state index contributed by atoms with van der Waals surface area (Å²) in [5.74, 6) is 0.899. The van der Waals surface area contributed by atoms with Crippen molar-refractivity contribution in [1.82, 2.24) is 9.88 Å². The number of hydrogen-bond acceptors (Lipinski definition) is 6. The van der Waals surface area contributed by atoms with E-state index in [1.165, 1.54) is 4.90 Å². The number of fused-ring (bicyclic) bond motifs is 2. The summed E-state index contributed by atoms with van der Waals surface area (Å²) in [5.41, 5.74) is 1.93. The lowest BCUT2D eigenvalue weighted by Gasteiger charge is -2.30. The van der Waals surface area contributed by atoms with Crippen LogP contribution in [-0.4, -0.2) is 46.4 Å². The number of carbonyl (C=O) groups is 2. The standard InChI is InChI=1S/C27H32ClN3O5/c1-26(2,3)35-24(32)30-13-10-17(11-14-30)18-7-8-21-22(15-18)34-16-19-20(28)9-12-29-23(19)31(21)25(33)36-27(4,5)6/h7-10,12,15H,11,13-14,16H2,1-6H3. The Kier molecular flexibility index (Phi) is 6.92. The van der Waals surface area contributed by atoms with Gasteiger partial charge in [0.2, 0.25) is 0 Å². The van der Waals surface area contributed by atoms with E-state index < -0.39 is 17.3 Å². The van der Waals surface area contributed by atoms with Crippen molar-refractivity contribution >= 4 is 40.9 Å². The third-order valence-electron chi connectivity index (χ3n) is 5.57. The number of carbonyl (C=O) groups excluding carboxylic acids is 2. The van der Waals surface area contributed by atoms with Crippen molar-refractivity contribution < 1.29 is 23.8 Å². The number of hydrogen-bond donors (Lipinski definition) is 0. The number of pyridine rings is 1. The molecule has 4 rings (SSSR count). The third-order valence-corrected chi connectivity index (χ3v) is 5.92. The second kappa shape index (κ2) is 9.65. The summed E-state index contributed by atoms with van der Waals surface area (Å²) >= 11 is 6.44. The molecule has 2 aliphatic rings. The van der Waals surface area contributed by atoms with Gasteiger partial charge in [0.15, 0.2) is 5.82 Å². The fraction of sp³-hybridized carbons (Fsp3) is 0.444. The number of anilines is 2. The fourth-order valence-corrected chi connectivity index (χ4v) is 4.17. The van der Waals surface area contributed by atoms with Crippen LogP contribution in [0.15, 0.2) is 36.5 Å². The van der Waals surface area contributed by atoms with Gasteiger partial charge >= 0.3 is 12.2 Å². The summed E-state index contributed by atoms with van der Waals surface area (Å²) in [4.78, 5) is 33.2. The highest BCUT2D eigenvalue weighted by Crippen LogP contribution is 2.42. The van der Waals surface area contributed by atoms with E-state index in [1.807, 2.05) is 65.8 Å². The van der Waals surface area contributed by atoms with Gasteiger partial charge in [-0.15, -0.1) is 0 Å². The summed E-state index contributed by atoms with van der Waals surface area (Å²) in [6.45, 7) is 12.2. The predicted molar refractivity (Wildman–Crippen MR) is 139 cm³/mol. The number of benzene rings is 1. The highest BCUT2D eigenvalue weighted by Gasteiger charge is 2.33. The maximum Gasteiger partial charge on any atom is 0.420 e. The van der Waals surface area contributed by atoms with Gasteiger partial charge in [-0.3, -0.25) is 0 Å². The molecule has 192 valence electrons. The third kappa shape index (κ3) is 5.75. The Morgan fingerprint density at radius 3 is 2.36 bits per heavy atom. The maximum absolute atomic E-state index is 13.3. The topological polar surface area (TPSA) is 81.2 Å². The molecule has 36 heavy (non-hydrogen) atoms. The Morgan fingerprint density at radius 2 is 1.72 bits per heavy atom. The summed E-state index contributed by atoms with van der Waals surface area (Å²) in [6.07, 6.45) is 3.36. The molecule has 0 fully saturated rings. The zero-order valence-electron chi connectivity index (χ0n) is 21.6. The molecule has 8 nitrogen and oxygen atoms in total. The smallest absolute Gasteiger partial charge is 0.420 e. The molecule has 0 unspecified atom stereocenters. The highest BCUT2D eigenvalue weighted by molar-refractivity contribution is 6.31. The van der Waals surface area contributed by atoms with Gasteiger partial charge in [0, 0.05) is 19.3 Å². The lowest BCUT2D eigenvalue weighted by molar-refractivity contribution is 0.0270. The number of halogens is 1. The van der Waals surface area contributed by atoms with Gasteiger partial charge in [-0.2, -0.15) is 0 Å². The van der Waals surface area contributed by atoms with Crippen molar-refractivity contribution in [2.45, 2.75) is 65.8 Å². The van der Waals surface area contributed by atoms with E-state index in [9.17, 15) is 9.59 Å². The molecule has 0 saturated heterocycles. The van der Waals surface area contributed by atoms with Crippen LogP contribution in [-0.2, 0) is 16.1 Å². The first-order valence-electron chi connectivity index (χ1n) is 11.9. The second-order valence-corrected chi connectivity index (χ2v) is 11.2. The first-order chi connectivity index (χ1) is 16.8. The molecule has 1 aromatic carbocycles. The zero-order valence-corrected chi connectivity index (χ0v) is 22.3. The molecule has 0 aliphatic carbocycles. The molecule has 0 bridgehead atoms. The summed E-state index contributed by atoms with van der Waals surface area (Å²) < 4.78 is 17.3. The Hall–Kier alpha value is -3.26. The summed E-state index contributed by atoms with van der Waals surface area (Å²) in [5, 5.41) is 0.457. The van der Waals surface area contributed by atoms with Crippen LogP contribution in [0.1, 0.15) is 59.1 Å². The summed E-state index contributed by atoms with van der Waals surface area (Å²) in [6, 6.07) is 7.33. The number of amides is 2. The molecule has 0 N–H and O–H groups in total. The van der Waals surface area contributed by atoms with E-state index in [2.05, 4.69) is 4.98 Å². The molecule has 0 saturated carbocycles. The van der Waals surface area contributed by atoms with Gasteiger partial charge < -0.3 is 19.1 Å². The first-order valence-corrected chi connectivity index (χ1v) is 12.3. The van der Waals surface area contributed by atoms with Crippen LogP contribution in [0.2, 0.25) is 5.02 Å². The lowest BCUT2D eigenvalue weighted by atomic mass is 9.99. The largest absolute Gasteiger partial charge is 0.486 e. The molecule has 3 heterocycles. The van der Waals surface area contributed by atoms with Crippen LogP contribution >= 0.6 is 11.6 Å². The zero-order chi connectivity index (χ0) is 26.3. The van der Waals surface area contributed by atoms with Gasteiger partial charge in [-0.1, -0.05) is 23.7 Å². The van der Waals surface area contributed by atoms with Gasteiger partial charge in [-0.05, 0) is 77.3 Å². The quantitative estimate of drug-likeness (QED) is 0.420. The molecule has 1 aromatic heterocycles. The minimum Gasteiger partial charge on any atom is -0.486 e. The van der Waals surface area contributed by atoms with Crippen molar-refractivity contribution in [2.24, 2.45) is 0 Å². The van der Waals surface area contributed by atoms with E-state index in [-0.39, 0.29) is 12.7 Å². The molecular formula is C27H32ClN3O5.